The Morgan fingerprint density at radius 1 is 1.05 bits per heavy atom. The monoisotopic (exact) mass is 263 g/mol. The van der Waals surface area contributed by atoms with E-state index in [4.69, 9.17) is 4.74 Å². The maximum Gasteiger partial charge on any atom is 0.216 e. The molecule has 104 valence electrons. The summed E-state index contributed by atoms with van der Waals surface area (Å²) in [6.07, 6.45) is 0. The van der Waals surface area contributed by atoms with Crippen LogP contribution in [-0.2, 0) is 20.6 Å². The summed E-state index contributed by atoms with van der Waals surface area (Å²) in [4.78, 5) is 0. The average Bonchev–Trinajstić information content (AvgIpc) is 2.75. The van der Waals surface area contributed by atoms with E-state index in [0.717, 1.165) is 34.2 Å². The fourth-order valence-corrected chi connectivity index (χ4v) is 2.35. The Kier molecular flexibility index (Phi) is 3.50. The first kappa shape index (κ1) is 13.5. The van der Waals surface area contributed by atoms with Gasteiger partial charge in [0.05, 0.1) is 35.4 Å². The lowest BCUT2D eigenvalue weighted by Gasteiger charge is -2.08. The minimum absolute atomic E-state index is 0.677. The van der Waals surface area contributed by atoms with E-state index in [0.29, 0.717) is 6.54 Å². The number of aromatic nitrogens is 4. The van der Waals surface area contributed by atoms with Gasteiger partial charge in [-0.05, 0) is 20.8 Å². The van der Waals surface area contributed by atoms with Gasteiger partial charge in [0, 0.05) is 20.6 Å². The van der Waals surface area contributed by atoms with E-state index in [1.54, 1.807) is 11.8 Å². The highest BCUT2D eigenvalue weighted by atomic mass is 16.5. The molecule has 2 aromatic heterocycles. The van der Waals surface area contributed by atoms with Gasteiger partial charge in [-0.3, -0.25) is 4.68 Å². The number of nitrogens with one attached hydrogen (secondary N) is 1. The number of methoxy groups -OCH3 is 1. The van der Waals surface area contributed by atoms with Crippen molar-refractivity contribution in [3.63, 3.8) is 0 Å². The van der Waals surface area contributed by atoms with Crippen molar-refractivity contribution in [2.24, 2.45) is 14.1 Å². The fraction of sp³-hybridized carbons (Fsp3) is 0.538. The second-order valence-corrected chi connectivity index (χ2v) is 4.72. The van der Waals surface area contributed by atoms with Crippen LogP contribution in [0.3, 0.4) is 0 Å². The van der Waals surface area contributed by atoms with Crippen molar-refractivity contribution in [1.82, 2.24) is 19.6 Å². The number of nitrogens with zero attached hydrogens (tertiary/aromatic N) is 4. The summed E-state index contributed by atoms with van der Waals surface area (Å²) in [5.74, 6) is 0.796. The van der Waals surface area contributed by atoms with Crippen LogP contribution in [0.2, 0.25) is 0 Å². The zero-order valence-corrected chi connectivity index (χ0v) is 12.4. The predicted molar refractivity (Wildman–Crippen MR) is 74.5 cm³/mol. The van der Waals surface area contributed by atoms with E-state index in [1.165, 1.54) is 0 Å². The second kappa shape index (κ2) is 4.95. The number of ether oxygens (including phenoxy) is 1. The van der Waals surface area contributed by atoms with Crippen molar-refractivity contribution >= 4 is 5.69 Å². The largest absolute Gasteiger partial charge is 0.481 e. The Hall–Kier alpha value is -1.98. The van der Waals surface area contributed by atoms with Gasteiger partial charge in [-0.15, -0.1) is 0 Å². The summed E-state index contributed by atoms with van der Waals surface area (Å²) in [5.41, 5.74) is 5.25. The molecule has 6 nitrogen and oxygen atoms in total. The third-order valence-corrected chi connectivity index (χ3v) is 3.43. The molecule has 0 amide bonds. The minimum atomic E-state index is 0.677. The number of anilines is 1. The highest BCUT2D eigenvalue weighted by Crippen LogP contribution is 2.24. The standard InChI is InChI=1S/C13H21N5O/c1-8-11(13(19-6)18(5)15-8)7-14-12-9(2)16-17(4)10(12)3/h14H,7H2,1-6H3. The van der Waals surface area contributed by atoms with Gasteiger partial charge in [0.1, 0.15) is 0 Å². The van der Waals surface area contributed by atoms with Gasteiger partial charge in [0.2, 0.25) is 5.88 Å². The molecule has 0 radical (unpaired) electrons. The number of hydrogen-bond donors (Lipinski definition) is 1. The van der Waals surface area contributed by atoms with Crippen molar-refractivity contribution in [2.45, 2.75) is 27.3 Å². The van der Waals surface area contributed by atoms with Gasteiger partial charge in [-0.25, -0.2) is 4.68 Å². The normalized spacial score (nSPS) is 10.8. The van der Waals surface area contributed by atoms with Crippen molar-refractivity contribution in [1.29, 1.82) is 0 Å². The first-order valence-electron chi connectivity index (χ1n) is 6.26. The molecule has 0 aromatic carbocycles. The maximum absolute atomic E-state index is 5.39. The van der Waals surface area contributed by atoms with Gasteiger partial charge in [-0.2, -0.15) is 10.2 Å². The van der Waals surface area contributed by atoms with Crippen LogP contribution in [0.4, 0.5) is 5.69 Å². The lowest BCUT2D eigenvalue weighted by atomic mass is 10.2. The number of hydrogen-bond acceptors (Lipinski definition) is 4. The van der Waals surface area contributed by atoms with Gasteiger partial charge in [-0.1, -0.05) is 0 Å². The van der Waals surface area contributed by atoms with Gasteiger partial charge in [0.15, 0.2) is 0 Å². The summed E-state index contributed by atoms with van der Waals surface area (Å²) in [5, 5.41) is 12.2. The summed E-state index contributed by atoms with van der Waals surface area (Å²) < 4.78 is 9.03. The lowest BCUT2D eigenvalue weighted by Crippen LogP contribution is -2.04. The van der Waals surface area contributed by atoms with E-state index < -0.39 is 0 Å². The molecule has 0 aliphatic rings. The van der Waals surface area contributed by atoms with E-state index >= 15 is 0 Å². The topological polar surface area (TPSA) is 56.9 Å². The molecule has 6 heteroatoms. The first-order valence-corrected chi connectivity index (χ1v) is 6.26. The SMILES string of the molecule is COc1c(CNc2c(C)nn(C)c2C)c(C)nn1C. The molecule has 2 rings (SSSR count). The van der Waals surface area contributed by atoms with Crippen molar-refractivity contribution in [3.05, 3.63) is 22.6 Å². The van der Waals surface area contributed by atoms with Crippen LogP contribution in [0.5, 0.6) is 5.88 Å². The Morgan fingerprint density at radius 3 is 2.21 bits per heavy atom. The van der Waals surface area contributed by atoms with Crippen LogP contribution in [0, 0.1) is 20.8 Å². The quantitative estimate of drug-likeness (QED) is 0.912. The zero-order valence-electron chi connectivity index (χ0n) is 12.4. The molecule has 1 N–H and O–H groups in total. The van der Waals surface area contributed by atoms with Crippen LogP contribution in [0.25, 0.3) is 0 Å². The summed E-state index contributed by atoms with van der Waals surface area (Å²) >= 11 is 0. The minimum Gasteiger partial charge on any atom is -0.481 e. The molecular formula is C13H21N5O. The average molecular weight is 263 g/mol. The molecule has 0 atom stereocenters. The van der Waals surface area contributed by atoms with Crippen LogP contribution in [0.15, 0.2) is 0 Å². The van der Waals surface area contributed by atoms with Gasteiger partial charge >= 0.3 is 0 Å². The summed E-state index contributed by atoms with van der Waals surface area (Å²) in [7, 11) is 5.50. The highest BCUT2D eigenvalue weighted by molar-refractivity contribution is 5.53. The van der Waals surface area contributed by atoms with E-state index in [9.17, 15) is 0 Å². The van der Waals surface area contributed by atoms with Crippen LogP contribution >= 0.6 is 0 Å². The van der Waals surface area contributed by atoms with Crippen LogP contribution in [0.1, 0.15) is 22.6 Å². The smallest absolute Gasteiger partial charge is 0.216 e. The third kappa shape index (κ3) is 2.30. The first-order chi connectivity index (χ1) is 8.95. The van der Waals surface area contributed by atoms with Gasteiger partial charge in [0.25, 0.3) is 0 Å². The lowest BCUT2D eigenvalue weighted by molar-refractivity contribution is 0.370. The molecule has 0 bridgehead atoms. The van der Waals surface area contributed by atoms with E-state index in [-0.39, 0.29) is 0 Å². The molecule has 19 heavy (non-hydrogen) atoms. The maximum atomic E-state index is 5.39. The second-order valence-electron chi connectivity index (χ2n) is 4.72. The molecular weight excluding hydrogens is 242 g/mol. The van der Waals surface area contributed by atoms with Crippen molar-refractivity contribution < 1.29 is 4.74 Å². The van der Waals surface area contributed by atoms with Crippen molar-refractivity contribution in [3.8, 4) is 5.88 Å². The molecule has 0 spiro atoms. The number of rotatable bonds is 4. The van der Waals surface area contributed by atoms with E-state index in [2.05, 4.69) is 22.4 Å². The molecule has 0 saturated heterocycles. The molecule has 2 aromatic rings. The fourth-order valence-electron chi connectivity index (χ4n) is 2.35. The Labute approximate surface area is 113 Å². The molecule has 0 unspecified atom stereocenters. The molecule has 0 saturated carbocycles. The zero-order chi connectivity index (χ0) is 14.2. The summed E-state index contributed by atoms with van der Waals surface area (Å²) in [6.45, 7) is 6.72. The Bertz CT molecular complexity index is 597. The highest BCUT2D eigenvalue weighted by Gasteiger charge is 2.15. The Morgan fingerprint density at radius 2 is 1.68 bits per heavy atom. The molecule has 2 heterocycles. The number of aryl methyl sites for hydroxylation is 4. The van der Waals surface area contributed by atoms with Crippen molar-refractivity contribution in [2.75, 3.05) is 12.4 Å². The summed E-state index contributed by atoms with van der Waals surface area (Å²) in [6, 6.07) is 0. The molecule has 0 aliphatic heterocycles. The predicted octanol–water partition coefficient (Wildman–Crippen LogP) is 1.70. The molecule has 0 aliphatic carbocycles. The van der Waals surface area contributed by atoms with Crippen LogP contribution in [-0.4, -0.2) is 26.7 Å². The Balaban J connectivity index is 2.23. The van der Waals surface area contributed by atoms with E-state index in [1.807, 2.05) is 32.6 Å². The molecule has 0 fully saturated rings. The van der Waals surface area contributed by atoms with Gasteiger partial charge < -0.3 is 10.1 Å². The van der Waals surface area contributed by atoms with Crippen LogP contribution < -0.4 is 10.1 Å². The third-order valence-electron chi connectivity index (χ3n) is 3.43.